The molecule has 94 valence electrons. The Morgan fingerprint density at radius 3 is 2.56 bits per heavy atom. The molecular formula is C10H18FNO4. The van der Waals surface area contributed by atoms with E-state index in [1.54, 1.807) is 20.8 Å². The first-order valence-corrected chi connectivity index (χ1v) is 5.14. The van der Waals surface area contributed by atoms with Crippen molar-refractivity contribution in [3.05, 3.63) is 0 Å². The van der Waals surface area contributed by atoms with E-state index in [2.05, 4.69) is 5.32 Å². The van der Waals surface area contributed by atoms with Crippen molar-refractivity contribution in [2.45, 2.75) is 38.1 Å². The van der Waals surface area contributed by atoms with Gasteiger partial charge in [0.25, 0.3) is 0 Å². The van der Waals surface area contributed by atoms with Crippen LogP contribution in [0, 0.1) is 0 Å². The fourth-order valence-corrected chi connectivity index (χ4v) is 1.17. The van der Waals surface area contributed by atoms with Crippen LogP contribution in [0.3, 0.4) is 0 Å². The third-order valence-electron chi connectivity index (χ3n) is 2.11. The zero-order valence-electron chi connectivity index (χ0n) is 9.75. The summed E-state index contributed by atoms with van der Waals surface area (Å²) in [4.78, 5) is 11.2. The van der Waals surface area contributed by atoms with Crippen molar-refractivity contribution >= 4 is 6.09 Å². The number of ether oxygens (including phenoxy) is 2. The second-order valence-corrected chi connectivity index (χ2v) is 4.95. The Kier molecular flexibility index (Phi) is 3.75. The first-order valence-electron chi connectivity index (χ1n) is 5.14. The van der Waals surface area contributed by atoms with Gasteiger partial charge >= 0.3 is 6.09 Å². The van der Waals surface area contributed by atoms with Gasteiger partial charge in [0.15, 0.2) is 6.17 Å². The summed E-state index contributed by atoms with van der Waals surface area (Å²) in [6.07, 6.45) is -2.24. The molecule has 1 rings (SSSR count). The van der Waals surface area contributed by atoms with E-state index in [0.29, 0.717) is 0 Å². The zero-order valence-corrected chi connectivity index (χ0v) is 9.75. The Hall–Kier alpha value is -0.880. The second-order valence-electron chi connectivity index (χ2n) is 4.95. The van der Waals surface area contributed by atoms with Crippen LogP contribution in [-0.2, 0) is 9.47 Å². The van der Waals surface area contributed by atoms with Crippen molar-refractivity contribution < 1.29 is 23.8 Å². The summed E-state index contributed by atoms with van der Waals surface area (Å²) in [5.74, 6) is 0. The molecule has 0 saturated carbocycles. The monoisotopic (exact) mass is 235 g/mol. The minimum atomic E-state index is -1.55. The van der Waals surface area contributed by atoms with E-state index in [4.69, 9.17) is 9.47 Å². The number of amides is 1. The number of carbonyl (C=O) groups excluding carboxylic acids is 1. The molecule has 1 atom stereocenters. The Morgan fingerprint density at radius 2 is 2.19 bits per heavy atom. The highest BCUT2D eigenvalue weighted by molar-refractivity contribution is 5.67. The normalized spacial score (nSPS) is 20.8. The summed E-state index contributed by atoms with van der Waals surface area (Å²) in [6, 6.07) is 0. The minimum absolute atomic E-state index is 0.0375. The maximum atomic E-state index is 13.4. The molecule has 1 aliphatic rings. The number of nitrogens with one attached hydrogen (secondary N) is 1. The molecular weight excluding hydrogens is 217 g/mol. The molecule has 1 aliphatic heterocycles. The SMILES string of the molecule is CC(C)(C)OC(=O)NCC(F)C1(O)COC1. The van der Waals surface area contributed by atoms with Gasteiger partial charge in [-0.3, -0.25) is 0 Å². The zero-order chi connectivity index (χ0) is 12.4. The minimum Gasteiger partial charge on any atom is -0.444 e. The van der Waals surface area contributed by atoms with Crippen LogP contribution in [0.15, 0.2) is 0 Å². The van der Waals surface area contributed by atoms with E-state index in [-0.39, 0.29) is 19.8 Å². The number of halogens is 1. The molecule has 5 nitrogen and oxygen atoms in total. The summed E-state index contributed by atoms with van der Waals surface area (Å²) in [5.41, 5.74) is -2.08. The lowest BCUT2D eigenvalue weighted by atomic mass is 9.96. The average molecular weight is 235 g/mol. The Morgan fingerprint density at radius 1 is 1.62 bits per heavy atom. The van der Waals surface area contributed by atoms with Gasteiger partial charge in [0.2, 0.25) is 0 Å². The molecule has 0 radical (unpaired) electrons. The predicted octanol–water partition coefficient (Wildman–Crippen LogP) is 0.611. The molecule has 1 amide bonds. The van der Waals surface area contributed by atoms with Gasteiger partial charge in [0, 0.05) is 0 Å². The standard InChI is InChI=1S/C10H18FNO4/c1-9(2,3)16-8(13)12-4-7(11)10(14)5-15-6-10/h7,14H,4-6H2,1-3H3,(H,12,13). The molecule has 1 unspecified atom stereocenters. The second kappa shape index (κ2) is 4.55. The lowest BCUT2D eigenvalue weighted by Crippen LogP contribution is -2.59. The molecule has 6 heteroatoms. The largest absolute Gasteiger partial charge is 0.444 e. The van der Waals surface area contributed by atoms with Gasteiger partial charge in [-0.05, 0) is 20.8 Å². The highest BCUT2D eigenvalue weighted by atomic mass is 19.1. The summed E-state index contributed by atoms with van der Waals surface area (Å²) in [7, 11) is 0. The van der Waals surface area contributed by atoms with Crippen LogP contribution < -0.4 is 5.32 Å². The molecule has 0 aromatic heterocycles. The van der Waals surface area contributed by atoms with Gasteiger partial charge in [-0.25, -0.2) is 9.18 Å². The maximum Gasteiger partial charge on any atom is 0.407 e. The van der Waals surface area contributed by atoms with E-state index in [1.165, 1.54) is 0 Å². The van der Waals surface area contributed by atoms with Gasteiger partial charge in [0.1, 0.15) is 11.2 Å². The van der Waals surface area contributed by atoms with Gasteiger partial charge < -0.3 is 19.9 Å². The summed E-state index contributed by atoms with van der Waals surface area (Å²) in [6.45, 7) is 4.79. The van der Waals surface area contributed by atoms with Crippen molar-refractivity contribution in [1.29, 1.82) is 0 Å². The Balaban J connectivity index is 2.26. The summed E-state index contributed by atoms with van der Waals surface area (Å²) >= 11 is 0. The number of alkyl halides is 1. The number of hydrogen-bond donors (Lipinski definition) is 2. The molecule has 0 aliphatic carbocycles. The number of aliphatic hydroxyl groups is 1. The number of alkyl carbamates (subject to hydrolysis) is 1. The van der Waals surface area contributed by atoms with Crippen LogP contribution in [0.2, 0.25) is 0 Å². The van der Waals surface area contributed by atoms with E-state index in [9.17, 15) is 14.3 Å². The number of rotatable bonds is 3. The highest BCUT2D eigenvalue weighted by Crippen LogP contribution is 2.23. The van der Waals surface area contributed by atoms with Crippen molar-refractivity contribution in [3.63, 3.8) is 0 Å². The van der Waals surface area contributed by atoms with Crippen LogP contribution in [0.1, 0.15) is 20.8 Å². The Labute approximate surface area is 93.9 Å². The maximum absolute atomic E-state index is 13.4. The number of hydrogen-bond acceptors (Lipinski definition) is 4. The van der Waals surface area contributed by atoms with Gasteiger partial charge in [-0.2, -0.15) is 0 Å². The van der Waals surface area contributed by atoms with Crippen molar-refractivity contribution in [2.24, 2.45) is 0 Å². The molecule has 2 N–H and O–H groups in total. The summed E-state index contributed by atoms with van der Waals surface area (Å²) < 4.78 is 23.1. The fourth-order valence-electron chi connectivity index (χ4n) is 1.17. The first kappa shape index (κ1) is 13.2. The Bertz CT molecular complexity index is 260. The van der Waals surface area contributed by atoms with Crippen LogP contribution >= 0.6 is 0 Å². The lowest BCUT2D eigenvalue weighted by Gasteiger charge is -2.38. The van der Waals surface area contributed by atoms with E-state index >= 15 is 0 Å². The van der Waals surface area contributed by atoms with Gasteiger partial charge in [-0.1, -0.05) is 0 Å². The molecule has 0 aromatic carbocycles. The molecule has 16 heavy (non-hydrogen) atoms. The fraction of sp³-hybridized carbons (Fsp3) is 0.900. The van der Waals surface area contributed by atoms with Crippen LogP contribution in [0.4, 0.5) is 9.18 Å². The quantitative estimate of drug-likeness (QED) is 0.752. The molecule has 1 saturated heterocycles. The smallest absolute Gasteiger partial charge is 0.407 e. The summed E-state index contributed by atoms with van der Waals surface area (Å²) in [5, 5.41) is 11.8. The molecule has 0 bridgehead atoms. The van der Waals surface area contributed by atoms with E-state index in [1.807, 2.05) is 0 Å². The molecule has 1 heterocycles. The first-order chi connectivity index (χ1) is 7.23. The lowest BCUT2D eigenvalue weighted by molar-refractivity contribution is -0.209. The van der Waals surface area contributed by atoms with Gasteiger partial charge in [-0.15, -0.1) is 0 Å². The average Bonchev–Trinajstić information content (AvgIpc) is 2.07. The van der Waals surface area contributed by atoms with E-state index < -0.39 is 23.5 Å². The van der Waals surface area contributed by atoms with Crippen LogP contribution in [0.25, 0.3) is 0 Å². The molecule has 0 aromatic rings. The van der Waals surface area contributed by atoms with Crippen LogP contribution in [-0.4, -0.2) is 48.3 Å². The predicted molar refractivity (Wildman–Crippen MR) is 54.9 cm³/mol. The molecule has 1 fully saturated rings. The van der Waals surface area contributed by atoms with Crippen molar-refractivity contribution in [1.82, 2.24) is 5.32 Å². The highest BCUT2D eigenvalue weighted by Gasteiger charge is 2.44. The van der Waals surface area contributed by atoms with Crippen molar-refractivity contribution in [2.75, 3.05) is 19.8 Å². The topological polar surface area (TPSA) is 67.8 Å². The molecule has 0 spiro atoms. The third kappa shape index (κ3) is 3.61. The van der Waals surface area contributed by atoms with Crippen LogP contribution in [0.5, 0.6) is 0 Å². The number of carbonyl (C=O) groups is 1. The van der Waals surface area contributed by atoms with E-state index in [0.717, 1.165) is 0 Å². The van der Waals surface area contributed by atoms with Gasteiger partial charge in [0.05, 0.1) is 19.8 Å². The van der Waals surface area contributed by atoms with Crippen molar-refractivity contribution in [3.8, 4) is 0 Å². The third-order valence-corrected chi connectivity index (χ3v) is 2.11.